The van der Waals surface area contributed by atoms with Gasteiger partial charge in [0.05, 0.1) is 22.7 Å². The van der Waals surface area contributed by atoms with Gasteiger partial charge >= 0.3 is 0 Å². The van der Waals surface area contributed by atoms with E-state index in [-0.39, 0.29) is 4.91 Å². The van der Waals surface area contributed by atoms with E-state index in [4.69, 9.17) is 21.1 Å². The van der Waals surface area contributed by atoms with E-state index in [1.165, 1.54) is 7.11 Å². The van der Waals surface area contributed by atoms with Gasteiger partial charge in [-0.25, -0.2) is 0 Å². The second-order valence-corrected chi connectivity index (χ2v) is 11.0. The van der Waals surface area contributed by atoms with Gasteiger partial charge in [0, 0.05) is 4.47 Å². The maximum atomic E-state index is 13.0. The molecular weight excluding hydrogens is 616 g/mol. The van der Waals surface area contributed by atoms with Crippen LogP contribution in [0.1, 0.15) is 11.1 Å². The van der Waals surface area contributed by atoms with Gasteiger partial charge in [-0.05, 0) is 64.0 Å². The molecule has 0 spiro atoms. The number of nitrogens with zero attached hydrogens (tertiary/aromatic N) is 1. The minimum Gasteiger partial charge on any atom is -0.493 e. The van der Waals surface area contributed by atoms with Crippen molar-refractivity contribution >= 4 is 78.9 Å². The number of hydrogen-bond acceptors (Lipinski definition) is 6. The van der Waals surface area contributed by atoms with E-state index in [0.717, 1.165) is 33.0 Å². The van der Waals surface area contributed by atoms with E-state index < -0.39 is 23.6 Å². The first-order chi connectivity index (χ1) is 19.3. The van der Waals surface area contributed by atoms with Crippen LogP contribution in [0.3, 0.4) is 0 Å². The number of hydrogen-bond donors (Lipinski definition) is 1. The first kappa shape index (κ1) is 27.8. The lowest BCUT2D eigenvalue weighted by Gasteiger charge is -2.14. The molecule has 3 amide bonds. The zero-order valence-corrected chi connectivity index (χ0v) is 24.3. The second kappa shape index (κ2) is 12.2. The van der Waals surface area contributed by atoms with Crippen LogP contribution in [0, 0.1) is 0 Å². The van der Waals surface area contributed by atoms with Gasteiger partial charge in [-0.1, -0.05) is 82.1 Å². The fraction of sp³-hybridized carbons (Fsp3) is 0.100. The topological polar surface area (TPSA) is 84.9 Å². The minimum absolute atomic E-state index is 0.183. The average Bonchev–Trinajstić information content (AvgIpc) is 3.21. The quantitative estimate of drug-likeness (QED) is 0.201. The van der Waals surface area contributed by atoms with Crippen molar-refractivity contribution in [1.29, 1.82) is 0 Å². The van der Waals surface area contributed by atoms with Gasteiger partial charge in [0.25, 0.3) is 11.1 Å². The summed E-state index contributed by atoms with van der Waals surface area (Å²) in [6.07, 6.45) is 1.58. The molecule has 0 radical (unpaired) electrons. The number of amides is 3. The lowest BCUT2D eigenvalue weighted by molar-refractivity contribution is -0.127. The monoisotopic (exact) mass is 636 g/mol. The van der Waals surface area contributed by atoms with E-state index in [2.05, 4.69) is 39.4 Å². The molecule has 0 aromatic heterocycles. The molecule has 0 unspecified atom stereocenters. The molecule has 0 atom stereocenters. The molecule has 0 saturated carbocycles. The number of thioether (sulfide) groups is 1. The normalized spacial score (nSPS) is 14.2. The maximum Gasteiger partial charge on any atom is 0.294 e. The summed E-state index contributed by atoms with van der Waals surface area (Å²) in [5, 5.41) is 4.67. The molecule has 7 nitrogen and oxygen atoms in total. The maximum absolute atomic E-state index is 13.0. The van der Waals surface area contributed by atoms with E-state index >= 15 is 0 Å². The summed E-state index contributed by atoms with van der Waals surface area (Å²) in [5.74, 6) is -0.115. The third-order valence-corrected chi connectivity index (χ3v) is 8.08. The lowest BCUT2D eigenvalue weighted by Crippen LogP contribution is -2.36. The number of rotatable bonds is 8. The summed E-state index contributed by atoms with van der Waals surface area (Å²) in [5.41, 5.74) is 2.04. The van der Waals surface area contributed by atoms with Crippen molar-refractivity contribution in [3.05, 3.63) is 104 Å². The van der Waals surface area contributed by atoms with Crippen LogP contribution in [0.5, 0.6) is 11.5 Å². The Balaban J connectivity index is 1.31. The lowest BCUT2D eigenvalue weighted by atomic mass is 10.1. The Kier molecular flexibility index (Phi) is 8.44. The standard InChI is InChI=1S/C30H22BrClN2O5S/c1-38-25-13-20(22(31)15-26(25)39-17-19-9-6-8-18-7-2-3-10-21(18)19)14-27-29(36)34(30(37)40-27)16-28(35)33-24-12-5-4-11-23(24)32/h2-15H,16-17H2,1H3,(H,33,35)/b27-14+. The van der Waals surface area contributed by atoms with Crippen LogP contribution in [0.15, 0.2) is 88.2 Å². The van der Waals surface area contributed by atoms with Gasteiger partial charge < -0.3 is 14.8 Å². The predicted octanol–water partition coefficient (Wildman–Crippen LogP) is 7.52. The van der Waals surface area contributed by atoms with Crippen LogP contribution in [0.25, 0.3) is 16.8 Å². The van der Waals surface area contributed by atoms with Crippen LogP contribution >= 0.6 is 39.3 Å². The zero-order chi connectivity index (χ0) is 28.2. The molecule has 0 aliphatic carbocycles. The molecule has 1 aliphatic rings. The third kappa shape index (κ3) is 6.01. The number of halogens is 2. The van der Waals surface area contributed by atoms with Crippen LogP contribution in [-0.2, 0) is 16.2 Å². The largest absolute Gasteiger partial charge is 0.493 e. The highest BCUT2D eigenvalue weighted by molar-refractivity contribution is 9.10. The molecule has 1 heterocycles. The number of methoxy groups -OCH3 is 1. The molecule has 1 N–H and O–H groups in total. The Morgan fingerprint density at radius 1 is 1.02 bits per heavy atom. The van der Waals surface area contributed by atoms with Gasteiger partial charge in [-0.2, -0.15) is 0 Å². The Labute approximate surface area is 248 Å². The molecule has 202 valence electrons. The highest BCUT2D eigenvalue weighted by Gasteiger charge is 2.36. The Morgan fingerprint density at radius 3 is 2.58 bits per heavy atom. The van der Waals surface area contributed by atoms with Crippen molar-refractivity contribution in [2.75, 3.05) is 19.0 Å². The molecule has 1 aliphatic heterocycles. The Morgan fingerprint density at radius 2 is 1.77 bits per heavy atom. The van der Waals surface area contributed by atoms with Gasteiger partial charge in [-0.15, -0.1) is 0 Å². The number of imide groups is 1. The predicted molar refractivity (Wildman–Crippen MR) is 162 cm³/mol. The van der Waals surface area contributed by atoms with E-state index in [0.29, 0.717) is 38.9 Å². The third-order valence-electron chi connectivity index (χ3n) is 6.16. The van der Waals surface area contributed by atoms with E-state index in [1.807, 2.05) is 24.3 Å². The summed E-state index contributed by atoms with van der Waals surface area (Å²) in [4.78, 5) is 39.2. The molecule has 4 aromatic carbocycles. The summed E-state index contributed by atoms with van der Waals surface area (Å²) in [6.45, 7) is -0.0999. The van der Waals surface area contributed by atoms with Gasteiger partial charge in [-0.3, -0.25) is 19.3 Å². The molecular formula is C30H22BrClN2O5S. The summed E-state index contributed by atoms with van der Waals surface area (Å²) in [7, 11) is 1.53. The summed E-state index contributed by atoms with van der Waals surface area (Å²) < 4.78 is 12.3. The second-order valence-electron chi connectivity index (χ2n) is 8.75. The molecule has 10 heteroatoms. The number of benzene rings is 4. The zero-order valence-electron chi connectivity index (χ0n) is 21.1. The number of carbonyl (C=O) groups excluding carboxylic acids is 3. The van der Waals surface area contributed by atoms with Crippen LogP contribution in [0.2, 0.25) is 5.02 Å². The number of fused-ring (bicyclic) bond motifs is 1. The highest BCUT2D eigenvalue weighted by Crippen LogP contribution is 2.38. The number of para-hydroxylation sites is 1. The van der Waals surface area contributed by atoms with Crippen molar-refractivity contribution in [3.63, 3.8) is 0 Å². The van der Waals surface area contributed by atoms with E-state index in [9.17, 15) is 14.4 Å². The smallest absolute Gasteiger partial charge is 0.294 e. The first-order valence-corrected chi connectivity index (χ1v) is 14.1. The van der Waals surface area contributed by atoms with Crippen molar-refractivity contribution in [2.24, 2.45) is 0 Å². The number of nitrogens with one attached hydrogen (secondary N) is 1. The fourth-order valence-corrected chi connectivity index (χ4v) is 5.63. The molecule has 0 bridgehead atoms. The molecule has 4 aromatic rings. The van der Waals surface area contributed by atoms with Gasteiger partial charge in [0.1, 0.15) is 13.2 Å². The van der Waals surface area contributed by atoms with Gasteiger partial charge in [0.15, 0.2) is 11.5 Å². The van der Waals surface area contributed by atoms with Crippen molar-refractivity contribution < 1.29 is 23.9 Å². The van der Waals surface area contributed by atoms with Crippen LogP contribution < -0.4 is 14.8 Å². The number of anilines is 1. The van der Waals surface area contributed by atoms with Crippen molar-refractivity contribution in [3.8, 4) is 11.5 Å². The van der Waals surface area contributed by atoms with E-state index in [1.54, 1.807) is 42.5 Å². The van der Waals surface area contributed by atoms with Gasteiger partial charge in [0.2, 0.25) is 5.91 Å². The van der Waals surface area contributed by atoms with Crippen molar-refractivity contribution in [2.45, 2.75) is 6.61 Å². The SMILES string of the molecule is COc1cc(/C=C2/SC(=O)N(CC(=O)Nc3ccccc3Cl)C2=O)c(Br)cc1OCc1cccc2ccccc12. The molecule has 1 fully saturated rings. The molecule has 40 heavy (non-hydrogen) atoms. The van der Waals surface area contributed by atoms with Crippen molar-refractivity contribution in [1.82, 2.24) is 4.90 Å². The average molecular weight is 638 g/mol. The number of ether oxygens (including phenoxy) is 2. The summed E-state index contributed by atoms with van der Waals surface area (Å²) in [6, 6.07) is 24.4. The Hall–Kier alpha value is -3.79. The minimum atomic E-state index is -0.563. The Bertz CT molecular complexity index is 1670. The van der Waals surface area contributed by atoms with Crippen LogP contribution in [-0.4, -0.2) is 35.6 Å². The summed E-state index contributed by atoms with van der Waals surface area (Å²) >= 11 is 10.4. The molecule has 1 saturated heterocycles. The first-order valence-electron chi connectivity index (χ1n) is 12.1. The molecule has 5 rings (SSSR count). The number of carbonyl (C=O) groups is 3. The highest BCUT2D eigenvalue weighted by atomic mass is 79.9. The fourth-order valence-electron chi connectivity index (χ4n) is 4.18. The van der Waals surface area contributed by atoms with Crippen LogP contribution in [0.4, 0.5) is 10.5 Å².